The fourth-order valence-corrected chi connectivity index (χ4v) is 2.40. The first-order chi connectivity index (χ1) is 7.84. The topological polar surface area (TPSA) is 35.5 Å². The quantitative estimate of drug-likeness (QED) is 0.804. The van der Waals surface area contributed by atoms with Crippen molar-refractivity contribution in [1.29, 1.82) is 0 Å². The van der Waals surface area contributed by atoms with Gasteiger partial charge < -0.3 is 9.47 Å². The summed E-state index contributed by atoms with van der Waals surface area (Å²) in [4.78, 5) is 11.8. The van der Waals surface area contributed by atoms with Crippen molar-refractivity contribution < 1.29 is 14.3 Å². The normalized spacial score (nSPS) is 11.2. The van der Waals surface area contributed by atoms with Gasteiger partial charge in [0.2, 0.25) is 0 Å². The monoisotopic (exact) mass is 300 g/mol. The first-order valence-electron chi connectivity index (χ1n) is 5.27. The summed E-state index contributed by atoms with van der Waals surface area (Å²) in [6.07, 6.45) is 0. The van der Waals surface area contributed by atoms with Crippen LogP contribution in [0.1, 0.15) is 25.0 Å². The second-order valence-electron chi connectivity index (χ2n) is 4.42. The van der Waals surface area contributed by atoms with E-state index in [9.17, 15) is 4.79 Å². The number of hydrogen-bond donors (Lipinski definition) is 0. The molecule has 1 aromatic rings. The third kappa shape index (κ3) is 2.63. The molecule has 4 heteroatoms. The number of halogens is 1. The molecule has 0 aromatic heterocycles. The van der Waals surface area contributed by atoms with Gasteiger partial charge in [0.1, 0.15) is 5.75 Å². The summed E-state index contributed by atoms with van der Waals surface area (Å²) in [6, 6.07) is 3.85. The first kappa shape index (κ1) is 14.0. The Labute approximate surface area is 110 Å². The zero-order chi connectivity index (χ0) is 13.2. The second kappa shape index (κ2) is 5.08. The summed E-state index contributed by atoms with van der Waals surface area (Å²) in [6.45, 7) is 5.59. The van der Waals surface area contributed by atoms with Crippen LogP contribution in [-0.4, -0.2) is 20.2 Å². The van der Waals surface area contributed by atoms with E-state index >= 15 is 0 Å². The van der Waals surface area contributed by atoms with Crippen molar-refractivity contribution in [2.45, 2.75) is 26.2 Å². The van der Waals surface area contributed by atoms with Gasteiger partial charge >= 0.3 is 5.97 Å². The van der Waals surface area contributed by atoms with Crippen molar-refractivity contribution in [2.75, 3.05) is 14.2 Å². The minimum atomic E-state index is -0.741. The first-order valence-corrected chi connectivity index (χ1v) is 6.07. The van der Waals surface area contributed by atoms with Gasteiger partial charge in [-0.3, -0.25) is 4.79 Å². The highest BCUT2D eigenvalue weighted by molar-refractivity contribution is 9.10. The minimum Gasteiger partial charge on any atom is -0.496 e. The zero-order valence-corrected chi connectivity index (χ0v) is 12.3. The standard InChI is InChI=1S/C13H17BrO3/c1-8-6-9(14)7-10(11(8)16-4)13(2,3)12(15)17-5/h6-7H,1-5H3. The van der Waals surface area contributed by atoms with Gasteiger partial charge in [-0.25, -0.2) is 0 Å². The minimum absolute atomic E-state index is 0.284. The molecule has 0 bridgehead atoms. The molecule has 0 spiro atoms. The van der Waals surface area contributed by atoms with Crippen LogP contribution in [0.2, 0.25) is 0 Å². The van der Waals surface area contributed by atoms with Crippen LogP contribution in [0.3, 0.4) is 0 Å². The maximum absolute atomic E-state index is 11.8. The Morgan fingerprint density at radius 3 is 2.35 bits per heavy atom. The molecule has 0 amide bonds. The molecule has 0 aliphatic heterocycles. The lowest BCUT2D eigenvalue weighted by molar-refractivity contribution is -0.146. The van der Waals surface area contributed by atoms with E-state index in [0.29, 0.717) is 0 Å². The van der Waals surface area contributed by atoms with Gasteiger partial charge in [0.25, 0.3) is 0 Å². The highest BCUT2D eigenvalue weighted by Gasteiger charge is 2.34. The van der Waals surface area contributed by atoms with E-state index in [1.807, 2.05) is 32.9 Å². The SMILES string of the molecule is COC(=O)C(C)(C)c1cc(Br)cc(C)c1OC. The maximum atomic E-state index is 11.8. The van der Waals surface area contributed by atoms with Gasteiger partial charge in [0.15, 0.2) is 0 Å². The number of ether oxygens (including phenoxy) is 2. The smallest absolute Gasteiger partial charge is 0.315 e. The molecule has 0 N–H and O–H groups in total. The molecule has 1 rings (SSSR count). The predicted molar refractivity (Wildman–Crippen MR) is 70.5 cm³/mol. The lowest BCUT2D eigenvalue weighted by Gasteiger charge is -2.25. The van der Waals surface area contributed by atoms with E-state index in [2.05, 4.69) is 15.9 Å². The van der Waals surface area contributed by atoms with Gasteiger partial charge in [-0.2, -0.15) is 0 Å². The van der Waals surface area contributed by atoms with E-state index < -0.39 is 5.41 Å². The number of rotatable bonds is 3. The van der Waals surface area contributed by atoms with Crippen LogP contribution < -0.4 is 4.74 Å². The Kier molecular flexibility index (Phi) is 4.20. The van der Waals surface area contributed by atoms with Crippen molar-refractivity contribution in [3.8, 4) is 5.75 Å². The van der Waals surface area contributed by atoms with Gasteiger partial charge in [-0.1, -0.05) is 15.9 Å². The average Bonchev–Trinajstić information content (AvgIpc) is 2.26. The second-order valence-corrected chi connectivity index (χ2v) is 5.34. The predicted octanol–water partition coefficient (Wildman–Crippen LogP) is 3.22. The number of methoxy groups -OCH3 is 2. The van der Waals surface area contributed by atoms with Gasteiger partial charge in [-0.05, 0) is 38.5 Å². The summed E-state index contributed by atoms with van der Waals surface area (Å²) in [5, 5.41) is 0. The van der Waals surface area contributed by atoms with Crippen LogP contribution in [0.5, 0.6) is 5.75 Å². The van der Waals surface area contributed by atoms with Crippen molar-refractivity contribution in [2.24, 2.45) is 0 Å². The number of esters is 1. The molecule has 3 nitrogen and oxygen atoms in total. The Morgan fingerprint density at radius 2 is 1.88 bits per heavy atom. The summed E-state index contributed by atoms with van der Waals surface area (Å²) >= 11 is 3.43. The molecule has 0 unspecified atom stereocenters. The van der Waals surface area contributed by atoms with Crippen LogP contribution >= 0.6 is 15.9 Å². The summed E-state index contributed by atoms with van der Waals surface area (Å²) in [5.74, 6) is 0.442. The number of carbonyl (C=O) groups is 1. The maximum Gasteiger partial charge on any atom is 0.315 e. The fraction of sp³-hybridized carbons (Fsp3) is 0.462. The van der Waals surface area contributed by atoms with Crippen molar-refractivity contribution in [3.63, 3.8) is 0 Å². The van der Waals surface area contributed by atoms with Gasteiger partial charge in [0.05, 0.1) is 19.6 Å². The average molecular weight is 301 g/mol. The Balaban J connectivity index is 3.44. The third-order valence-corrected chi connectivity index (χ3v) is 3.27. The molecular formula is C13H17BrO3. The highest BCUT2D eigenvalue weighted by Crippen LogP contribution is 2.37. The largest absolute Gasteiger partial charge is 0.496 e. The molecule has 17 heavy (non-hydrogen) atoms. The van der Waals surface area contributed by atoms with Crippen LogP contribution in [0, 0.1) is 6.92 Å². The van der Waals surface area contributed by atoms with Crippen molar-refractivity contribution >= 4 is 21.9 Å². The summed E-state index contributed by atoms with van der Waals surface area (Å²) < 4.78 is 11.1. The number of aryl methyl sites for hydroxylation is 1. The lowest BCUT2D eigenvalue weighted by atomic mass is 9.83. The molecule has 0 atom stereocenters. The molecule has 0 fully saturated rings. The van der Waals surface area contributed by atoms with Crippen LogP contribution in [0.4, 0.5) is 0 Å². The highest BCUT2D eigenvalue weighted by atomic mass is 79.9. The van der Waals surface area contributed by atoms with E-state index in [1.54, 1.807) is 7.11 Å². The molecule has 1 aromatic carbocycles. The molecular weight excluding hydrogens is 284 g/mol. The van der Waals surface area contributed by atoms with Crippen LogP contribution in [0.15, 0.2) is 16.6 Å². The summed E-state index contributed by atoms with van der Waals surface area (Å²) in [7, 11) is 2.99. The lowest BCUT2D eigenvalue weighted by Crippen LogP contribution is -2.30. The Bertz CT molecular complexity index is 439. The molecule has 0 aliphatic carbocycles. The van der Waals surface area contributed by atoms with Crippen molar-refractivity contribution in [1.82, 2.24) is 0 Å². The van der Waals surface area contributed by atoms with E-state index in [4.69, 9.17) is 9.47 Å². The molecule has 0 heterocycles. The Morgan fingerprint density at radius 1 is 1.29 bits per heavy atom. The number of carbonyl (C=O) groups excluding carboxylic acids is 1. The molecule has 0 saturated carbocycles. The fourth-order valence-electron chi connectivity index (χ4n) is 1.83. The summed E-state index contributed by atoms with van der Waals surface area (Å²) in [5.41, 5.74) is 1.06. The van der Waals surface area contributed by atoms with Gasteiger partial charge in [-0.15, -0.1) is 0 Å². The van der Waals surface area contributed by atoms with E-state index in [-0.39, 0.29) is 5.97 Å². The number of benzene rings is 1. The number of hydrogen-bond acceptors (Lipinski definition) is 3. The van der Waals surface area contributed by atoms with E-state index in [1.165, 1.54) is 7.11 Å². The molecule has 0 saturated heterocycles. The third-order valence-electron chi connectivity index (χ3n) is 2.81. The molecule has 0 radical (unpaired) electrons. The van der Waals surface area contributed by atoms with E-state index in [0.717, 1.165) is 21.3 Å². The van der Waals surface area contributed by atoms with Gasteiger partial charge in [0, 0.05) is 10.0 Å². The Hall–Kier alpha value is -1.03. The van der Waals surface area contributed by atoms with Crippen molar-refractivity contribution in [3.05, 3.63) is 27.7 Å². The zero-order valence-electron chi connectivity index (χ0n) is 10.8. The molecule has 0 aliphatic rings. The molecule has 94 valence electrons. The van der Waals surface area contributed by atoms with Crippen LogP contribution in [-0.2, 0) is 14.9 Å². The van der Waals surface area contributed by atoms with Crippen LogP contribution in [0.25, 0.3) is 0 Å².